The number of halogens is 1. The summed E-state index contributed by atoms with van der Waals surface area (Å²) in [7, 11) is 1.25. The largest absolute Gasteiger partial charge is 0.469 e. The number of aliphatic imine (C=N–C) groups is 1. The number of carbonyl (C=O) groups is 1. The van der Waals surface area contributed by atoms with Crippen molar-refractivity contribution in [2.75, 3.05) is 20.3 Å². The molecule has 0 bridgehead atoms. The van der Waals surface area contributed by atoms with Crippen molar-refractivity contribution >= 4 is 11.7 Å². The molecule has 1 heterocycles. The summed E-state index contributed by atoms with van der Waals surface area (Å²) in [6, 6.07) is 5.35. The predicted octanol–water partition coefficient (Wildman–Crippen LogP) is 0.821. The highest BCUT2D eigenvalue weighted by atomic mass is 19.1. The normalized spacial score (nSPS) is 11.6. The number of nitrogens with zero attached hydrogens (tertiary/aromatic N) is 2. The van der Waals surface area contributed by atoms with Crippen molar-refractivity contribution in [2.45, 2.75) is 13.3 Å². The summed E-state index contributed by atoms with van der Waals surface area (Å²) in [5.41, 5.74) is 0.979. The van der Waals surface area contributed by atoms with Gasteiger partial charge < -0.3 is 9.84 Å². The lowest BCUT2D eigenvalue weighted by Gasteiger charge is -2.02. The molecule has 128 valence electrons. The third kappa shape index (κ3) is 3.77. The summed E-state index contributed by atoms with van der Waals surface area (Å²) in [6.07, 6.45) is -0.138. The Morgan fingerprint density at radius 2 is 2.04 bits per heavy atom. The van der Waals surface area contributed by atoms with E-state index < -0.39 is 17.3 Å². The summed E-state index contributed by atoms with van der Waals surface area (Å²) in [5, 5.41) is 11.7. The zero-order valence-electron chi connectivity index (χ0n) is 13.4. The first kappa shape index (κ1) is 17.6. The Kier molecular flexibility index (Phi) is 5.64. The molecule has 2 rings (SSSR count). The number of hydrogen-bond donors (Lipinski definition) is 2. The van der Waals surface area contributed by atoms with Crippen LogP contribution in [0.2, 0.25) is 0 Å². The fraction of sp³-hybridized carbons (Fsp3) is 0.312. The number of hydrogen-bond acceptors (Lipinski definition) is 5. The van der Waals surface area contributed by atoms with Crippen LogP contribution < -0.4 is 5.56 Å². The number of esters is 1. The number of aromatic nitrogens is 2. The van der Waals surface area contributed by atoms with Crippen LogP contribution in [0, 0.1) is 5.82 Å². The number of aliphatic hydroxyl groups excluding tert-OH is 1. The molecule has 0 aliphatic heterocycles. The molecule has 2 aromatic rings. The molecule has 0 aliphatic rings. The number of benzene rings is 1. The van der Waals surface area contributed by atoms with E-state index in [0.29, 0.717) is 17.1 Å². The molecule has 0 unspecified atom stereocenters. The van der Waals surface area contributed by atoms with Gasteiger partial charge >= 0.3 is 5.97 Å². The second-order valence-electron chi connectivity index (χ2n) is 5.03. The van der Waals surface area contributed by atoms with Gasteiger partial charge in [-0.1, -0.05) is 0 Å². The molecule has 1 aromatic heterocycles. The first-order valence-corrected chi connectivity index (χ1v) is 7.26. The molecule has 24 heavy (non-hydrogen) atoms. The van der Waals surface area contributed by atoms with Gasteiger partial charge in [0.2, 0.25) is 0 Å². The lowest BCUT2D eigenvalue weighted by Crippen LogP contribution is -2.20. The lowest BCUT2D eigenvalue weighted by molar-refractivity contribution is -0.139. The zero-order valence-corrected chi connectivity index (χ0v) is 13.4. The molecule has 8 heteroatoms. The highest BCUT2D eigenvalue weighted by Gasteiger charge is 2.20. The van der Waals surface area contributed by atoms with Gasteiger partial charge in [-0.3, -0.25) is 19.7 Å². The quantitative estimate of drug-likeness (QED) is 0.603. The van der Waals surface area contributed by atoms with Gasteiger partial charge in [0.15, 0.2) is 0 Å². The molecule has 0 saturated heterocycles. The Bertz CT molecular complexity index is 806. The van der Waals surface area contributed by atoms with E-state index in [0.717, 1.165) is 0 Å². The number of nitrogens with one attached hydrogen (secondary N) is 1. The molecule has 0 amide bonds. The van der Waals surface area contributed by atoms with E-state index in [9.17, 15) is 14.0 Å². The van der Waals surface area contributed by atoms with Gasteiger partial charge in [-0.25, -0.2) is 9.07 Å². The smallest absolute Gasteiger partial charge is 0.311 e. The van der Waals surface area contributed by atoms with Gasteiger partial charge in [-0.15, -0.1) is 0 Å². The first-order chi connectivity index (χ1) is 11.5. The van der Waals surface area contributed by atoms with Crippen molar-refractivity contribution in [3.05, 3.63) is 51.7 Å². The van der Waals surface area contributed by atoms with Crippen molar-refractivity contribution in [3.63, 3.8) is 0 Å². The second kappa shape index (κ2) is 7.69. The van der Waals surface area contributed by atoms with Crippen molar-refractivity contribution < 1.29 is 19.0 Å². The van der Waals surface area contributed by atoms with Gasteiger partial charge in [-0.2, -0.15) is 0 Å². The Morgan fingerprint density at radius 1 is 1.38 bits per heavy atom. The summed E-state index contributed by atoms with van der Waals surface area (Å²) in [5.74, 6) is -0.937. The lowest BCUT2D eigenvalue weighted by atomic mass is 10.1. The molecule has 0 aliphatic carbocycles. The van der Waals surface area contributed by atoms with Crippen molar-refractivity contribution in [2.24, 2.45) is 4.99 Å². The van der Waals surface area contributed by atoms with E-state index in [-0.39, 0.29) is 25.1 Å². The van der Waals surface area contributed by atoms with E-state index in [1.165, 1.54) is 36.1 Å². The molecule has 2 N–H and O–H groups in total. The van der Waals surface area contributed by atoms with E-state index in [1.54, 1.807) is 6.92 Å². The first-order valence-electron chi connectivity index (χ1n) is 7.26. The van der Waals surface area contributed by atoms with Gasteiger partial charge in [0.05, 0.1) is 43.6 Å². The number of aromatic amines is 1. The number of H-pyrrole nitrogens is 1. The third-order valence-corrected chi connectivity index (χ3v) is 3.41. The van der Waals surface area contributed by atoms with Crippen molar-refractivity contribution in [1.29, 1.82) is 0 Å². The van der Waals surface area contributed by atoms with E-state index >= 15 is 0 Å². The average molecular weight is 335 g/mol. The second-order valence-corrected chi connectivity index (χ2v) is 5.03. The van der Waals surface area contributed by atoms with Crippen LogP contribution in [-0.2, 0) is 16.0 Å². The number of aliphatic hydroxyl groups is 1. The molecular weight excluding hydrogens is 317 g/mol. The molecule has 0 atom stereocenters. The minimum absolute atomic E-state index is 0.138. The van der Waals surface area contributed by atoms with E-state index in [4.69, 9.17) is 5.11 Å². The van der Waals surface area contributed by atoms with E-state index in [1.807, 2.05) is 0 Å². The maximum atomic E-state index is 13.1. The van der Waals surface area contributed by atoms with Gasteiger partial charge in [0.1, 0.15) is 5.82 Å². The summed E-state index contributed by atoms with van der Waals surface area (Å²) in [6.45, 7) is 1.61. The average Bonchev–Trinajstić information content (AvgIpc) is 2.89. The maximum absolute atomic E-state index is 13.1. The third-order valence-electron chi connectivity index (χ3n) is 3.41. The van der Waals surface area contributed by atoms with Gasteiger partial charge in [0, 0.05) is 5.71 Å². The molecule has 0 fully saturated rings. The number of rotatable bonds is 6. The molecule has 0 saturated carbocycles. The predicted molar refractivity (Wildman–Crippen MR) is 86.2 cm³/mol. The fourth-order valence-corrected chi connectivity index (χ4v) is 2.27. The van der Waals surface area contributed by atoms with Crippen molar-refractivity contribution in [3.8, 4) is 5.69 Å². The molecule has 0 spiro atoms. The molecule has 7 nitrogen and oxygen atoms in total. The standard InChI is InChI=1S/C16H18FN3O4/c1-10(18-7-8-21)15-13(9-14(22)24-2)19-20(16(15)23)12-5-3-11(17)4-6-12/h3-6,19,21H,7-9H2,1-2H3. The number of methoxy groups -OCH3 is 1. The minimum Gasteiger partial charge on any atom is -0.469 e. The Balaban J connectivity index is 2.56. The minimum atomic E-state index is -0.515. The van der Waals surface area contributed by atoms with Crippen LogP contribution in [0.15, 0.2) is 34.1 Å². The van der Waals surface area contributed by atoms with Crippen LogP contribution in [0.25, 0.3) is 5.69 Å². The topological polar surface area (TPSA) is 96.7 Å². The maximum Gasteiger partial charge on any atom is 0.311 e. The summed E-state index contributed by atoms with van der Waals surface area (Å²) >= 11 is 0. The van der Waals surface area contributed by atoms with Crippen LogP contribution in [0.5, 0.6) is 0 Å². The Labute approximate surface area is 137 Å². The Hall–Kier alpha value is -2.74. The summed E-state index contributed by atoms with van der Waals surface area (Å²) < 4.78 is 18.9. The Morgan fingerprint density at radius 3 is 2.62 bits per heavy atom. The fourth-order valence-electron chi connectivity index (χ4n) is 2.27. The zero-order chi connectivity index (χ0) is 17.7. The summed E-state index contributed by atoms with van der Waals surface area (Å²) in [4.78, 5) is 28.4. The van der Waals surface area contributed by atoms with Crippen LogP contribution in [0.4, 0.5) is 4.39 Å². The molecule has 0 radical (unpaired) electrons. The SMILES string of the molecule is COC(=O)Cc1[nH]n(-c2ccc(F)cc2)c(=O)c1C(C)=NCCO. The van der Waals surface area contributed by atoms with E-state index in [2.05, 4.69) is 14.8 Å². The van der Waals surface area contributed by atoms with Crippen LogP contribution in [0.1, 0.15) is 18.2 Å². The van der Waals surface area contributed by atoms with Crippen LogP contribution >= 0.6 is 0 Å². The number of carbonyl (C=O) groups excluding carboxylic acids is 1. The molecular formula is C16H18FN3O4. The number of ether oxygens (including phenoxy) is 1. The highest BCUT2D eigenvalue weighted by molar-refractivity contribution is 6.00. The van der Waals surface area contributed by atoms with Crippen molar-refractivity contribution in [1.82, 2.24) is 9.78 Å². The van der Waals surface area contributed by atoms with Gasteiger partial charge in [-0.05, 0) is 31.2 Å². The van der Waals surface area contributed by atoms with Crippen LogP contribution in [-0.4, -0.2) is 46.8 Å². The van der Waals surface area contributed by atoms with Crippen LogP contribution in [0.3, 0.4) is 0 Å². The molecule has 1 aromatic carbocycles. The van der Waals surface area contributed by atoms with Gasteiger partial charge in [0.25, 0.3) is 5.56 Å². The highest BCUT2D eigenvalue weighted by Crippen LogP contribution is 2.11. The monoisotopic (exact) mass is 335 g/mol.